The lowest BCUT2D eigenvalue weighted by Crippen LogP contribution is -2.34. The molecule has 1 aromatic heterocycles. The first-order chi connectivity index (χ1) is 6.05. The Kier molecular flexibility index (Phi) is 1.51. The lowest BCUT2D eigenvalue weighted by molar-refractivity contribution is -0.139. The Morgan fingerprint density at radius 3 is 2.92 bits per heavy atom. The second-order valence-electron chi connectivity index (χ2n) is 3.65. The Labute approximate surface area is 76.0 Å². The normalized spacial score (nSPS) is 31.7. The first-order valence-corrected chi connectivity index (χ1v) is 4.19. The summed E-state index contributed by atoms with van der Waals surface area (Å²) in [5, 5.41) is 8.84. The second-order valence-corrected chi connectivity index (χ2v) is 3.65. The summed E-state index contributed by atoms with van der Waals surface area (Å²) in [5.74, 6) is -0.927. The van der Waals surface area contributed by atoms with Crippen molar-refractivity contribution in [2.45, 2.75) is 17.9 Å². The zero-order valence-electron chi connectivity index (χ0n) is 7.40. The maximum atomic E-state index is 10.8. The minimum Gasteiger partial charge on any atom is -0.480 e. The third-order valence-corrected chi connectivity index (χ3v) is 2.74. The number of carboxylic acids is 1. The molecule has 0 spiro atoms. The average molecular weight is 180 g/mol. The van der Waals surface area contributed by atoms with Crippen molar-refractivity contribution in [3.05, 3.63) is 24.0 Å². The quantitative estimate of drug-likeness (QED) is 0.687. The van der Waals surface area contributed by atoms with Gasteiger partial charge in [-0.3, -0.25) is 4.79 Å². The van der Waals surface area contributed by atoms with Crippen LogP contribution in [-0.4, -0.2) is 21.2 Å². The van der Waals surface area contributed by atoms with Crippen molar-refractivity contribution in [1.82, 2.24) is 4.57 Å². The van der Waals surface area contributed by atoms with Gasteiger partial charge in [0.1, 0.15) is 5.54 Å². The molecular weight excluding hydrogens is 168 g/mol. The number of carboxylic acid groups (broad SMARTS) is 1. The van der Waals surface area contributed by atoms with Gasteiger partial charge in [0.15, 0.2) is 0 Å². The molecule has 1 heterocycles. The maximum absolute atomic E-state index is 10.8. The van der Waals surface area contributed by atoms with Crippen LogP contribution >= 0.6 is 0 Å². The predicted octanol–water partition coefficient (Wildman–Crippen LogP) is 0.295. The highest BCUT2D eigenvalue weighted by molar-refractivity contribution is 5.84. The van der Waals surface area contributed by atoms with Gasteiger partial charge in [-0.05, 0) is 18.6 Å². The van der Waals surface area contributed by atoms with Gasteiger partial charge in [-0.15, -0.1) is 0 Å². The Morgan fingerprint density at radius 1 is 1.85 bits per heavy atom. The van der Waals surface area contributed by atoms with Gasteiger partial charge in [0.05, 0.1) is 0 Å². The second kappa shape index (κ2) is 2.35. The van der Waals surface area contributed by atoms with Crippen LogP contribution in [0.3, 0.4) is 0 Å². The van der Waals surface area contributed by atoms with Crippen LogP contribution < -0.4 is 5.73 Å². The number of carbonyl (C=O) groups is 1. The number of aromatic nitrogens is 1. The molecule has 4 heteroatoms. The Morgan fingerprint density at radius 2 is 2.54 bits per heavy atom. The van der Waals surface area contributed by atoms with Crippen molar-refractivity contribution < 1.29 is 9.90 Å². The van der Waals surface area contributed by atoms with E-state index in [-0.39, 0.29) is 5.92 Å². The Balaban J connectivity index is 2.25. The van der Waals surface area contributed by atoms with Crippen molar-refractivity contribution in [1.29, 1.82) is 0 Å². The van der Waals surface area contributed by atoms with Crippen LogP contribution in [0.5, 0.6) is 0 Å². The summed E-state index contributed by atoms with van der Waals surface area (Å²) < 4.78 is 1.92. The van der Waals surface area contributed by atoms with Crippen LogP contribution in [0.2, 0.25) is 0 Å². The fraction of sp³-hybridized carbons (Fsp3) is 0.444. The van der Waals surface area contributed by atoms with E-state index in [1.54, 1.807) is 0 Å². The molecule has 70 valence electrons. The number of nitrogens with two attached hydrogens (primary N) is 1. The lowest BCUT2D eigenvalue weighted by Gasteiger charge is -2.06. The smallest absolute Gasteiger partial charge is 0.324 e. The van der Waals surface area contributed by atoms with Gasteiger partial charge in [-0.25, -0.2) is 0 Å². The van der Waals surface area contributed by atoms with E-state index < -0.39 is 11.5 Å². The van der Waals surface area contributed by atoms with Crippen LogP contribution in [0.15, 0.2) is 18.3 Å². The molecule has 2 atom stereocenters. The minimum atomic E-state index is -1.02. The molecule has 0 saturated heterocycles. The lowest BCUT2D eigenvalue weighted by atomic mass is 10.2. The number of hydrogen-bond acceptors (Lipinski definition) is 2. The molecule has 0 amide bonds. The van der Waals surface area contributed by atoms with Gasteiger partial charge in [0.25, 0.3) is 0 Å². The van der Waals surface area contributed by atoms with E-state index in [1.165, 1.54) is 0 Å². The Bertz CT molecular complexity index is 358. The van der Waals surface area contributed by atoms with Crippen molar-refractivity contribution in [2.24, 2.45) is 12.8 Å². The molecule has 1 fully saturated rings. The summed E-state index contributed by atoms with van der Waals surface area (Å²) >= 11 is 0. The molecule has 3 N–H and O–H groups in total. The number of aryl methyl sites for hydroxylation is 1. The highest BCUT2D eigenvalue weighted by atomic mass is 16.4. The van der Waals surface area contributed by atoms with E-state index in [2.05, 4.69) is 0 Å². The molecule has 13 heavy (non-hydrogen) atoms. The van der Waals surface area contributed by atoms with Gasteiger partial charge in [-0.1, -0.05) is 0 Å². The zero-order valence-corrected chi connectivity index (χ0v) is 7.40. The standard InChI is InChI=1S/C9H12N2O2/c1-11-4-2-3-7(11)6-5-9(6,10)8(12)13/h2-4,6H,5,10H2,1H3,(H,12,13). The van der Waals surface area contributed by atoms with Crippen molar-refractivity contribution in [3.63, 3.8) is 0 Å². The average Bonchev–Trinajstić information content (AvgIpc) is 2.55. The Hall–Kier alpha value is -1.29. The van der Waals surface area contributed by atoms with E-state index in [9.17, 15) is 4.79 Å². The summed E-state index contributed by atoms with van der Waals surface area (Å²) in [5.41, 5.74) is 5.66. The predicted molar refractivity (Wildman–Crippen MR) is 47.3 cm³/mol. The molecule has 0 radical (unpaired) electrons. The molecular formula is C9H12N2O2. The van der Waals surface area contributed by atoms with Crippen LogP contribution in [-0.2, 0) is 11.8 Å². The number of nitrogens with zero attached hydrogens (tertiary/aromatic N) is 1. The zero-order chi connectivity index (χ0) is 9.64. The number of rotatable bonds is 2. The topological polar surface area (TPSA) is 68.2 Å². The van der Waals surface area contributed by atoms with Gasteiger partial charge in [-0.2, -0.15) is 0 Å². The maximum Gasteiger partial charge on any atom is 0.324 e. The summed E-state index contributed by atoms with van der Waals surface area (Å²) in [7, 11) is 1.90. The highest BCUT2D eigenvalue weighted by Gasteiger charge is 2.59. The molecule has 1 aromatic rings. The molecule has 0 aromatic carbocycles. The van der Waals surface area contributed by atoms with Gasteiger partial charge < -0.3 is 15.4 Å². The van der Waals surface area contributed by atoms with Gasteiger partial charge >= 0.3 is 5.97 Å². The monoisotopic (exact) mass is 180 g/mol. The summed E-state index contributed by atoms with van der Waals surface area (Å²) in [6.45, 7) is 0. The number of aliphatic carboxylic acids is 1. The minimum absolute atomic E-state index is 0.0231. The first-order valence-electron chi connectivity index (χ1n) is 4.19. The van der Waals surface area contributed by atoms with Crippen LogP contribution in [0, 0.1) is 0 Å². The van der Waals surface area contributed by atoms with Crippen LogP contribution in [0.1, 0.15) is 18.0 Å². The third kappa shape index (κ3) is 1.06. The molecule has 4 nitrogen and oxygen atoms in total. The van der Waals surface area contributed by atoms with E-state index in [1.807, 2.05) is 29.9 Å². The highest BCUT2D eigenvalue weighted by Crippen LogP contribution is 2.49. The van der Waals surface area contributed by atoms with Crippen molar-refractivity contribution >= 4 is 5.97 Å². The SMILES string of the molecule is Cn1cccc1C1CC1(N)C(=O)O. The van der Waals surface area contributed by atoms with Crippen molar-refractivity contribution in [2.75, 3.05) is 0 Å². The molecule has 0 bridgehead atoms. The summed E-state index contributed by atoms with van der Waals surface area (Å²) in [4.78, 5) is 10.8. The fourth-order valence-electron chi connectivity index (χ4n) is 1.72. The summed E-state index contributed by atoms with van der Waals surface area (Å²) in [6, 6.07) is 3.82. The molecule has 2 unspecified atom stereocenters. The van der Waals surface area contributed by atoms with Gasteiger partial charge in [0, 0.05) is 24.9 Å². The molecule has 1 aliphatic carbocycles. The molecule has 1 saturated carbocycles. The van der Waals surface area contributed by atoms with E-state index in [0.717, 1.165) is 5.69 Å². The van der Waals surface area contributed by atoms with E-state index in [4.69, 9.17) is 10.8 Å². The molecule has 2 rings (SSSR count). The number of hydrogen-bond donors (Lipinski definition) is 2. The van der Waals surface area contributed by atoms with E-state index in [0.29, 0.717) is 6.42 Å². The van der Waals surface area contributed by atoms with Crippen LogP contribution in [0.25, 0.3) is 0 Å². The van der Waals surface area contributed by atoms with Crippen molar-refractivity contribution in [3.8, 4) is 0 Å². The largest absolute Gasteiger partial charge is 0.480 e. The van der Waals surface area contributed by atoms with Gasteiger partial charge in [0.2, 0.25) is 0 Å². The van der Waals surface area contributed by atoms with Crippen LogP contribution in [0.4, 0.5) is 0 Å². The molecule has 0 aliphatic heterocycles. The fourth-order valence-corrected chi connectivity index (χ4v) is 1.72. The summed E-state index contributed by atoms with van der Waals surface area (Å²) in [6.07, 6.45) is 2.44. The molecule has 1 aliphatic rings. The third-order valence-electron chi connectivity index (χ3n) is 2.74. The first kappa shape index (κ1) is 8.31. The van der Waals surface area contributed by atoms with E-state index >= 15 is 0 Å².